The molecule has 0 aliphatic rings. The molecule has 0 bridgehead atoms. The van der Waals surface area contributed by atoms with Gasteiger partial charge in [0, 0.05) is 17.6 Å². The van der Waals surface area contributed by atoms with E-state index in [-0.39, 0.29) is 11.7 Å². The van der Waals surface area contributed by atoms with Gasteiger partial charge in [-0.05, 0) is 42.0 Å². The molecule has 0 aliphatic carbocycles. The molecule has 5 nitrogen and oxygen atoms in total. The Morgan fingerprint density at radius 1 is 0.929 bits per heavy atom. The molecule has 4 rings (SSSR count). The molecule has 0 aliphatic heterocycles. The van der Waals surface area contributed by atoms with Gasteiger partial charge in [0.1, 0.15) is 11.3 Å². The van der Waals surface area contributed by atoms with E-state index >= 15 is 0 Å². The second kappa shape index (κ2) is 7.88. The molecule has 140 valence electrons. The summed E-state index contributed by atoms with van der Waals surface area (Å²) in [5, 5.41) is 7.12. The zero-order valence-electron chi connectivity index (χ0n) is 15.4. The molecule has 0 spiro atoms. The second-order valence-corrected chi connectivity index (χ2v) is 6.32. The van der Waals surface area contributed by atoms with E-state index < -0.39 is 0 Å². The average Bonchev–Trinajstić information content (AvgIpc) is 3.12. The minimum absolute atomic E-state index is 0.257. The molecule has 1 aromatic heterocycles. The number of fused-ring (bicyclic) bond motifs is 1. The maximum atomic E-state index is 12.9. The van der Waals surface area contributed by atoms with Crippen molar-refractivity contribution in [2.75, 3.05) is 17.7 Å². The van der Waals surface area contributed by atoms with Crippen LogP contribution in [0.3, 0.4) is 0 Å². The van der Waals surface area contributed by atoms with E-state index in [1.165, 1.54) is 0 Å². The lowest BCUT2D eigenvalue weighted by Gasteiger charge is -2.09. The lowest BCUT2D eigenvalue weighted by atomic mass is 10.2. The summed E-state index contributed by atoms with van der Waals surface area (Å²) in [5.74, 6) is 0.678. The number of furan rings is 1. The first-order valence-corrected chi connectivity index (χ1v) is 8.99. The lowest BCUT2D eigenvalue weighted by molar-refractivity contribution is 0.0999. The number of carbonyl (C=O) groups is 1. The summed E-state index contributed by atoms with van der Waals surface area (Å²) in [6.07, 6.45) is 0. The van der Waals surface area contributed by atoms with E-state index in [1.807, 2.05) is 54.6 Å². The van der Waals surface area contributed by atoms with E-state index in [1.54, 1.807) is 31.4 Å². The van der Waals surface area contributed by atoms with Gasteiger partial charge < -0.3 is 19.8 Å². The molecule has 0 radical (unpaired) electrons. The van der Waals surface area contributed by atoms with Gasteiger partial charge in [-0.2, -0.15) is 0 Å². The maximum absolute atomic E-state index is 12.9. The van der Waals surface area contributed by atoms with Crippen LogP contribution in [0.25, 0.3) is 11.0 Å². The number of benzene rings is 3. The van der Waals surface area contributed by atoms with Crippen molar-refractivity contribution in [1.82, 2.24) is 0 Å². The first-order valence-electron chi connectivity index (χ1n) is 8.99. The summed E-state index contributed by atoms with van der Waals surface area (Å²) in [7, 11) is 1.60. The van der Waals surface area contributed by atoms with Crippen LogP contribution in [0.2, 0.25) is 0 Å². The van der Waals surface area contributed by atoms with Gasteiger partial charge in [0.15, 0.2) is 0 Å². The first kappa shape index (κ1) is 17.7. The van der Waals surface area contributed by atoms with Gasteiger partial charge >= 0.3 is 0 Å². The highest BCUT2D eigenvalue weighted by molar-refractivity contribution is 6.11. The first-order chi connectivity index (χ1) is 13.7. The fourth-order valence-corrected chi connectivity index (χ4v) is 3.03. The predicted octanol–water partition coefficient (Wildman–Crippen LogP) is 5.31. The van der Waals surface area contributed by atoms with Gasteiger partial charge in [-0.3, -0.25) is 4.79 Å². The van der Waals surface area contributed by atoms with Gasteiger partial charge in [-0.1, -0.05) is 42.5 Å². The smallest absolute Gasteiger partial charge is 0.293 e. The molecule has 5 heteroatoms. The Hall–Kier alpha value is -3.73. The third kappa shape index (κ3) is 3.69. The van der Waals surface area contributed by atoms with Crippen LogP contribution in [0.4, 0.5) is 11.4 Å². The van der Waals surface area contributed by atoms with E-state index in [9.17, 15) is 4.79 Å². The molecule has 0 saturated carbocycles. The van der Waals surface area contributed by atoms with Crippen LogP contribution in [-0.4, -0.2) is 13.0 Å². The van der Waals surface area contributed by atoms with Crippen molar-refractivity contribution in [3.8, 4) is 5.75 Å². The van der Waals surface area contributed by atoms with Gasteiger partial charge in [-0.15, -0.1) is 0 Å². The molecular weight excluding hydrogens is 352 g/mol. The number of nitrogens with one attached hydrogen (secondary N) is 2. The van der Waals surface area contributed by atoms with Crippen molar-refractivity contribution in [3.05, 3.63) is 90.2 Å². The van der Waals surface area contributed by atoms with Crippen LogP contribution in [0.1, 0.15) is 16.1 Å². The van der Waals surface area contributed by atoms with Crippen molar-refractivity contribution in [2.24, 2.45) is 0 Å². The number of rotatable bonds is 6. The van der Waals surface area contributed by atoms with Crippen molar-refractivity contribution in [2.45, 2.75) is 6.54 Å². The summed E-state index contributed by atoms with van der Waals surface area (Å²) >= 11 is 0. The molecule has 2 N–H and O–H groups in total. The minimum atomic E-state index is -0.308. The summed E-state index contributed by atoms with van der Waals surface area (Å²) < 4.78 is 11.0. The predicted molar refractivity (Wildman–Crippen MR) is 111 cm³/mol. The van der Waals surface area contributed by atoms with Crippen LogP contribution < -0.4 is 15.4 Å². The third-order valence-corrected chi connectivity index (χ3v) is 4.46. The maximum Gasteiger partial charge on any atom is 0.293 e. The zero-order chi connectivity index (χ0) is 19.3. The van der Waals surface area contributed by atoms with Crippen LogP contribution in [-0.2, 0) is 6.54 Å². The Kier molecular flexibility index (Phi) is 4.97. The van der Waals surface area contributed by atoms with Gasteiger partial charge in [0.05, 0.1) is 12.8 Å². The molecule has 0 atom stereocenters. The number of methoxy groups -OCH3 is 1. The highest BCUT2D eigenvalue weighted by Crippen LogP contribution is 2.32. The van der Waals surface area contributed by atoms with E-state index in [0.717, 1.165) is 16.7 Å². The molecule has 0 fully saturated rings. The number of carbonyl (C=O) groups excluding carboxylic acids is 1. The van der Waals surface area contributed by atoms with E-state index in [2.05, 4.69) is 10.6 Å². The Labute approximate surface area is 162 Å². The van der Waals surface area contributed by atoms with Crippen LogP contribution >= 0.6 is 0 Å². The van der Waals surface area contributed by atoms with Crippen molar-refractivity contribution in [3.63, 3.8) is 0 Å². The Balaban J connectivity index is 1.62. The minimum Gasteiger partial charge on any atom is -0.497 e. The van der Waals surface area contributed by atoms with Crippen molar-refractivity contribution < 1.29 is 13.9 Å². The van der Waals surface area contributed by atoms with E-state index in [0.29, 0.717) is 23.5 Å². The fourth-order valence-electron chi connectivity index (χ4n) is 3.03. The Morgan fingerprint density at radius 2 is 1.64 bits per heavy atom. The number of ether oxygens (including phenoxy) is 1. The number of anilines is 2. The largest absolute Gasteiger partial charge is 0.497 e. The standard InChI is InChI=1S/C23H20N2O3/c1-27-18-13-11-17(12-14-18)25-23(26)22-21(19-9-5-6-10-20(19)28-22)24-15-16-7-3-2-4-8-16/h2-14,24H,15H2,1H3,(H,25,26). The monoisotopic (exact) mass is 372 g/mol. The third-order valence-electron chi connectivity index (χ3n) is 4.46. The Bertz CT molecular complexity index is 1090. The zero-order valence-corrected chi connectivity index (χ0v) is 15.4. The number of amides is 1. The van der Waals surface area contributed by atoms with E-state index in [4.69, 9.17) is 9.15 Å². The highest BCUT2D eigenvalue weighted by Gasteiger charge is 2.20. The molecule has 1 heterocycles. The summed E-state index contributed by atoms with van der Waals surface area (Å²) in [6.45, 7) is 0.590. The molecular formula is C23H20N2O3. The van der Waals surface area contributed by atoms with Crippen LogP contribution in [0, 0.1) is 0 Å². The normalized spacial score (nSPS) is 10.6. The highest BCUT2D eigenvalue weighted by atomic mass is 16.5. The molecule has 3 aromatic carbocycles. The van der Waals surface area contributed by atoms with Gasteiger partial charge in [-0.25, -0.2) is 0 Å². The molecule has 28 heavy (non-hydrogen) atoms. The number of para-hydroxylation sites is 1. The SMILES string of the molecule is COc1ccc(NC(=O)c2oc3ccccc3c2NCc2ccccc2)cc1. The lowest BCUT2D eigenvalue weighted by Crippen LogP contribution is -2.13. The molecule has 0 saturated heterocycles. The van der Waals surface area contributed by atoms with Crippen molar-refractivity contribution in [1.29, 1.82) is 0 Å². The van der Waals surface area contributed by atoms with Gasteiger partial charge in [0.25, 0.3) is 5.91 Å². The van der Waals surface area contributed by atoms with Gasteiger partial charge in [0.2, 0.25) is 5.76 Å². The number of hydrogen-bond acceptors (Lipinski definition) is 4. The van der Waals surface area contributed by atoms with Crippen molar-refractivity contribution >= 4 is 28.3 Å². The second-order valence-electron chi connectivity index (χ2n) is 6.32. The summed E-state index contributed by atoms with van der Waals surface area (Å²) in [4.78, 5) is 12.9. The quantitative estimate of drug-likeness (QED) is 0.482. The average molecular weight is 372 g/mol. The molecule has 0 unspecified atom stereocenters. The summed E-state index contributed by atoms with van der Waals surface area (Å²) in [5.41, 5.74) is 3.14. The fraction of sp³-hybridized carbons (Fsp3) is 0.0870. The molecule has 1 amide bonds. The topological polar surface area (TPSA) is 63.5 Å². The number of hydrogen-bond donors (Lipinski definition) is 2. The Morgan fingerprint density at radius 3 is 2.39 bits per heavy atom. The van der Waals surface area contributed by atoms with Crippen LogP contribution in [0.15, 0.2) is 83.3 Å². The van der Waals surface area contributed by atoms with Crippen LogP contribution in [0.5, 0.6) is 5.75 Å². The summed E-state index contributed by atoms with van der Waals surface area (Å²) in [6, 6.07) is 24.8. The molecule has 4 aromatic rings.